The molecule has 2 saturated carbocycles. The maximum atomic E-state index is 13.2. The van der Waals surface area contributed by atoms with E-state index in [-0.39, 0.29) is 43.0 Å². The van der Waals surface area contributed by atoms with E-state index in [0.717, 1.165) is 24.0 Å². The molecule has 0 saturated heterocycles. The van der Waals surface area contributed by atoms with Crippen molar-refractivity contribution < 1.29 is 24.2 Å². The summed E-state index contributed by atoms with van der Waals surface area (Å²) < 4.78 is 5.66. The third-order valence-corrected chi connectivity index (χ3v) is 7.69. The summed E-state index contributed by atoms with van der Waals surface area (Å²) in [6.45, 7) is 3.61. The van der Waals surface area contributed by atoms with Crippen LogP contribution in [0.15, 0.2) is 48.5 Å². The van der Waals surface area contributed by atoms with Gasteiger partial charge in [0.25, 0.3) is 0 Å². The second-order valence-electron chi connectivity index (χ2n) is 10.1. The molecule has 34 heavy (non-hydrogen) atoms. The maximum absolute atomic E-state index is 13.2. The average Bonchev–Trinajstić information content (AvgIpc) is 3.23. The minimum absolute atomic E-state index is 0.00123. The highest BCUT2D eigenvalue weighted by molar-refractivity contribution is 5.89. The van der Waals surface area contributed by atoms with Gasteiger partial charge in [-0.3, -0.25) is 9.59 Å². The monoisotopic (exact) mass is 462 g/mol. The van der Waals surface area contributed by atoms with Crippen LogP contribution in [0, 0.1) is 11.3 Å². The average molecular weight is 463 g/mol. The Morgan fingerprint density at radius 1 is 1.06 bits per heavy atom. The Balaban J connectivity index is 1.20. The second-order valence-corrected chi connectivity index (χ2v) is 10.1. The van der Waals surface area contributed by atoms with Crippen molar-refractivity contribution in [1.29, 1.82) is 0 Å². The first-order valence-corrected chi connectivity index (χ1v) is 11.9. The van der Waals surface area contributed by atoms with Crippen molar-refractivity contribution >= 4 is 18.0 Å². The van der Waals surface area contributed by atoms with Gasteiger partial charge < -0.3 is 20.1 Å². The quantitative estimate of drug-likeness (QED) is 0.648. The first-order chi connectivity index (χ1) is 16.3. The van der Waals surface area contributed by atoms with Crippen LogP contribution in [0.5, 0.6) is 0 Å². The van der Waals surface area contributed by atoms with Crippen molar-refractivity contribution in [2.75, 3.05) is 13.2 Å². The molecule has 2 amide bonds. The lowest BCUT2D eigenvalue weighted by Gasteiger charge is -2.29. The van der Waals surface area contributed by atoms with E-state index >= 15 is 0 Å². The summed E-state index contributed by atoms with van der Waals surface area (Å²) in [6.07, 6.45) is 1.54. The molecule has 3 aliphatic carbocycles. The number of hydrogen-bond donors (Lipinski definition) is 2. The summed E-state index contributed by atoms with van der Waals surface area (Å²) in [5.74, 6) is -0.929. The highest BCUT2D eigenvalue weighted by Gasteiger charge is 2.66. The Hall–Kier alpha value is -3.35. The van der Waals surface area contributed by atoms with E-state index in [9.17, 15) is 19.5 Å². The van der Waals surface area contributed by atoms with E-state index in [4.69, 9.17) is 4.74 Å². The molecule has 2 aromatic rings. The van der Waals surface area contributed by atoms with Gasteiger partial charge in [0.2, 0.25) is 5.91 Å². The molecule has 0 aliphatic heterocycles. The molecule has 0 spiro atoms. The van der Waals surface area contributed by atoms with Crippen LogP contribution < -0.4 is 5.32 Å². The molecule has 7 heteroatoms. The highest BCUT2D eigenvalue weighted by Crippen LogP contribution is 2.64. The van der Waals surface area contributed by atoms with Gasteiger partial charge in [0.1, 0.15) is 13.2 Å². The number of aliphatic carboxylic acids is 1. The molecule has 0 bridgehead atoms. The number of hydrogen-bond acceptors (Lipinski definition) is 4. The molecule has 2 aromatic carbocycles. The van der Waals surface area contributed by atoms with Crippen molar-refractivity contribution in [3.8, 4) is 11.1 Å². The molecule has 0 aromatic heterocycles. The van der Waals surface area contributed by atoms with E-state index in [1.165, 1.54) is 16.0 Å². The molecule has 178 valence electrons. The lowest BCUT2D eigenvalue weighted by molar-refractivity contribution is -0.148. The lowest BCUT2D eigenvalue weighted by Crippen LogP contribution is -2.45. The van der Waals surface area contributed by atoms with Crippen LogP contribution in [0.25, 0.3) is 11.1 Å². The summed E-state index contributed by atoms with van der Waals surface area (Å²) in [5, 5.41) is 12.1. The van der Waals surface area contributed by atoms with E-state index < -0.39 is 17.5 Å². The molecule has 0 unspecified atom stereocenters. The standard InChI is InChI=1S/C27H30N2O5/c1-16(2)29(14-24(30)31)25(32)27-12-17(27)11-18(13-27)28-26(33)34-15-23-21-9-5-3-7-19(21)20-8-4-6-10-22(20)23/h3-10,16-18,23H,11-15H2,1-2H3,(H,28,33)(H,30,31)/t17-,18+,27+/m1/s1. The summed E-state index contributed by atoms with van der Waals surface area (Å²) in [7, 11) is 0. The molecule has 7 nitrogen and oxygen atoms in total. The van der Waals surface area contributed by atoms with E-state index in [1.807, 2.05) is 38.1 Å². The van der Waals surface area contributed by atoms with Gasteiger partial charge in [0.15, 0.2) is 0 Å². The number of carboxylic acids is 1. The first-order valence-electron chi connectivity index (χ1n) is 11.9. The van der Waals surface area contributed by atoms with Crippen LogP contribution in [0.2, 0.25) is 0 Å². The van der Waals surface area contributed by atoms with Crippen LogP contribution in [0.3, 0.4) is 0 Å². The minimum Gasteiger partial charge on any atom is -0.480 e. The number of amides is 2. The van der Waals surface area contributed by atoms with Crippen molar-refractivity contribution in [3.05, 3.63) is 59.7 Å². The predicted octanol–water partition coefficient (Wildman–Crippen LogP) is 4.02. The highest BCUT2D eigenvalue weighted by atomic mass is 16.5. The number of nitrogens with one attached hydrogen (secondary N) is 1. The second kappa shape index (κ2) is 8.46. The normalized spacial score (nSPS) is 24.2. The van der Waals surface area contributed by atoms with Gasteiger partial charge in [-0.25, -0.2) is 4.79 Å². The zero-order valence-electron chi connectivity index (χ0n) is 19.5. The number of alkyl carbamates (subject to hydrolysis) is 1. The number of ether oxygens (including phenoxy) is 1. The molecule has 3 atom stereocenters. The van der Waals surface area contributed by atoms with Gasteiger partial charge in [0, 0.05) is 18.0 Å². The molecule has 5 rings (SSSR count). The molecule has 0 radical (unpaired) electrons. The van der Waals surface area contributed by atoms with E-state index in [2.05, 4.69) is 29.6 Å². The zero-order chi connectivity index (χ0) is 24.0. The Morgan fingerprint density at radius 2 is 1.68 bits per heavy atom. The van der Waals surface area contributed by atoms with E-state index in [1.54, 1.807) is 0 Å². The summed E-state index contributed by atoms with van der Waals surface area (Å²) in [4.78, 5) is 38.5. The van der Waals surface area contributed by atoms with Gasteiger partial charge in [-0.2, -0.15) is 0 Å². The van der Waals surface area contributed by atoms with Gasteiger partial charge >= 0.3 is 12.1 Å². The fourth-order valence-electron chi connectivity index (χ4n) is 5.99. The lowest BCUT2D eigenvalue weighted by atomic mass is 9.98. The number of carboxylic acid groups (broad SMARTS) is 1. The number of nitrogens with zero attached hydrogens (tertiary/aromatic N) is 1. The zero-order valence-corrected chi connectivity index (χ0v) is 19.5. The van der Waals surface area contributed by atoms with Gasteiger partial charge in [0.05, 0.1) is 5.41 Å². The molecule has 2 fully saturated rings. The molecule has 3 aliphatic rings. The van der Waals surface area contributed by atoms with Crippen LogP contribution in [0.1, 0.15) is 50.2 Å². The molecule has 0 heterocycles. The van der Waals surface area contributed by atoms with Gasteiger partial charge in [-0.1, -0.05) is 48.5 Å². The van der Waals surface area contributed by atoms with Crippen molar-refractivity contribution in [3.63, 3.8) is 0 Å². The summed E-state index contributed by atoms with van der Waals surface area (Å²) in [5.41, 5.74) is 4.14. The van der Waals surface area contributed by atoms with E-state index in [0.29, 0.717) is 6.42 Å². The molecular formula is C27H30N2O5. The van der Waals surface area contributed by atoms with Crippen molar-refractivity contribution in [2.45, 2.75) is 51.1 Å². The Labute approximate surface area is 199 Å². The summed E-state index contributed by atoms with van der Waals surface area (Å²) in [6, 6.07) is 16.1. The molecular weight excluding hydrogens is 432 g/mol. The number of fused-ring (bicyclic) bond motifs is 4. The first kappa shape index (κ1) is 22.4. The smallest absolute Gasteiger partial charge is 0.407 e. The summed E-state index contributed by atoms with van der Waals surface area (Å²) >= 11 is 0. The third kappa shape index (κ3) is 3.83. The predicted molar refractivity (Wildman–Crippen MR) is 126 cm³/mol. The van der Waals surface area contributed by atoms with Crippen LogP contribution in [0.4, 0.5) is 4.79 Å². The van der Waals surface area contributed by atoms with Crippen molar-refractivity contribution in [1.82, 2.24) is 10.2 Å². The largest absolute Gasteiger partial charge is 0.480 e. The number of rotatable bonds is 7. The fourth-order valence-corrected chi connectivity index (χ4v) is 5.99. The topological polar surface area (TPSA) is 95.9 Å². The van der Waals surface area contributed by atoms with Crippen molar-refractivity contribution in [2.24, 2.45) is 11.3 Å². The number of carbonyl (C=O) groups is 3. The van der Waals surface area contributed by atoms with Gasteiger partial charge in [-0.05, 0) is 61.3 Å². The minimum atomic E-state index is -1.01. The SMILES string of the molecule is CC(C)N(CC(=O)O)C(=O)[C@@]12C[C@@H](NC(=O)OCC3c4ccccc4-c4ccccc43)C[C@@H]1C2. The third-order valence-electron chi connectivity index (χ3n) is 7.69. The number of carbonyl (C=O) groups excluding carboxylic acids is 2. The Morgan fingerprint density at radius 3 is 2.26 bits per heavy atom. The Bertz CT molecular complexity index is 1100. The number of benzene rings is 2. The van der Waals surface area contributed by atoms with Gasteiger partial charge in [-0.15, -0.1) is 0 Å². The van der Waals surface area contributed by atoms with Crippen LogP contribution >= 0.6 is 0 Å². The Kier molecular flexibility index (Phi) is 5.58. The van der Waals surface area contributed by atoms with Crippen LogP contribution in [-0.2, 0) is 14.3 Å². The molecule has 2 N–H and O–H groups in total. The fraction of sp³-hybridized carbons (Fsp3) is 0.444. The van der Waals surface area contributed by atoms with Crippen LogP contribution in [-0.4, -0.2) is 53.2 Å². The maximum Gasteiger partial charge on any atom is 0.407 e.